The molecule has 24 heavy (non-hydrogen) atoms. The van der Waals surface area contributed by atoms with Crippen molar-refractivity contribution in [2.24, 2.45) is 0 Å². The number of nitro benzene ring substituents is 1. The molecular formula is C15H11Cl2FN2O4. The van der Waals surface area contributed by atoms with Crippen molar-refractivity contribution in [3.05, 3.63) is 62.4 Å². The Kier molecular flexibility index (Phi) is 5.58. The second-order valence-corrected chi connectivity index (χ2v) is 5.56. The number of nitrogens with one attached hydrogen (secondary N) is 1. The van der Waals surface area contributed by atoms with Gasteiger partial charge in [0.1, 0.15) is 11.6 Å². The minimum absolute atomic E-state index is 0.00339. The lowest BCUT2D eigenvalue weighted by Crippen LogP contribution is -2.30. The average molecular weight is 373 g/mol. The number of halogens is 3. The second kappa shape index (κ2) is 7.46. The van der Waals surface area contributed by atoms with E-state index < -0.39 is 22.8 Å². The van der Waals surface area contributed by atoms with Crippen molar-refractivity contribution in [3.63, 3.8) is 0 Å². The van der Waals surface area contributed by atoms with Crippen LogP contribution in [0.25, 0.3) is 0 Å². The van der Waals surface area contributed by atoms with Crippen molar-refractivity contribution in [2.45, 2.75) is 13.0 Å². The van der Waals surface area contributed by atoms with E-state index in [0.29, 0.717) is 0 Å². The summed E-state index contributed by atoms with van der Waals surface area (Å²) in [5, 5.41) is 13.2. The molecule has 0 radical (unpaired) electrons. The molecule has 0 saturated carbocycles. The highest BCUT2D eigenvalue weighted by molar-refractivity contribution is 6.33. The average Bonchev–Trinajstić information content (AvgIpc) is 2.51. The topological polar surface area (TPSA) is 81.5 Å². The molecule has 6 nitrogen and oxygen atoms in total. The van der Waals surface area contributed by atoms with E-state index in [4.69, 9.17) is 27.9 Å². The second-order valence-electron chi connectivity index (χ2n) is 4.75. The highest BCUT2D eigenvalue weighted by atomic mass is 35.5. The van der Waals surface area contributed by atoms with Crippen LogP contribution >= 0.6 is 23.2 Å². The van der Waals surface area contributed by atoms with Gasteiger partial charge in [0.05, 0.1) is 20.7 Å². The van der Waals surface area contributed by atoms with Crippen LogP contribution in [0.15, 0.2) is 36.4 Å². The summed E-state index contributed by atoms with van der Waals surface area (Å²) in [6, 6.07) is 7.17. The molecule has 0 fully saturated rings. The quantitative estimate of drug-likeness (QED) is 0.620. The van der Waals surface area contributed by atoms with Crippen molar-refractivity contribution in [1.29, 1.82) is 0 Å². The summed E-state index contributed by atoms with van der Waals surface area (Å²) in [7, 11) is 0. The lowest BCUT2D eigenvalue weighted by Gasteiger charge is -2.16. The largest absolute Gasteiger partial charge is 0.479 e. The Balaban J connectivity index is 2.07. The van der Waals surface area contributed by atoms with Gasteiger partial charge in [-0.1, -0.05) is 23.2 Å². The Morgan fingerprint density at radius 1 is 1.25 bits per heavy atom. The highest BCUT2D eigenvalue weighted by Crippen LogP contribution is 2.29. The third-order valence-electron chi connectivity index (χ3n) is 2.99. The lowest BCUT2D eigenvalue weighted by atomic mass is 10.2. The smallest absolute Gasteiger partial charge is 0.271 e. The standard InChI is InChI=1S/C15H11Cl2FN2O4/c1-8(15(21)19-13-4-2-9(18)6-11(13)16)24-14-5-3-10(20(22)23)7-12(14)17/h2-8H,1H3,(H,19,21)/t8-/m1/s1. The number of nitrogens with zero attached hydrogens (tertiary/aromatic N) is 1. The number of hydrogen-bond donors (Lipinski definition) is 1. The molecule has 2 aromatic rings. The third-order valence-corrected chi connectivity index (χ3v) is 3.60. The van der Waals surface area contributed by atoms with Crippen molar-refractivity contribution < 1.29 is 18.8 Å². The fraction of sp³-hybridized carbons (Fsp3) is 0.133. The molecule has 0 aliphatic carbocycles. The van der Waals surface area contributed by atoms with Crippen LogP contribution in [-0.4, -0.2) is 16.9 Å². The van der Waals surface area contributed by atoms with E-state index in [2.05, 4.69) is 5.32 Å². The zero-order chi connectivity index (χ0) is 17.9. The molecule has 1 atom stereocenters. The number of non-ortho nitro benzene ring substituents is 1. The maximum atomic E-state index is 13.0. The van der Waals surface area contributed by atoms with Gasteiger partial charge in [-0.05, 0) is 31.2 Å². The van der Waals surface area contributed by atoms with E-state index in [0.717, 1.165) is 18.2 Å². The molecule has 9 heteroatoms. The van der Waals surface area contributed by atoms with E-state index in [-0.39, 0.29) is 27.2 Å². The summed E-state index contributed by atoms with van der Waals surface area (Å²) < 4.78 is 18.4. The van der Waals surface area contributed by atoms with Gasteiger partial charge in [0.2, 0.25) is 0 Å². The predicted molar refractivity (Wildman–Crippen MR) is 88.2 cm³/mol. The molecule has 1 amide bonds. The fourth-order valence-electron chi connectivity index (χ4n) is 1.77. The molecule has 0 saturated heterocycles. The van der Waals surface area contributed by atoms with Gasteiger partial charge in [-0.25, -0.2) is 4.39 Å². The molecule has 126 valence electrons. The molecule has 2 rings (SSSR count). The minimum Gasteiger partial charge on any atom is -0.479 e. The molecule has 0 heterocycles. The zero-order valence-electron chi connectivity index (χ0n) is 12.3. The lowest BCUT2D eigenvalue weighted by molar-refractivity contribution is -0.384. The minimum atomic E-state index is -0.968. The summed E-state index contributed by atoms with van der Waals surface area (Å²) in [5.74, 6) is -0.951. The number of rotatable bonds is 5. The number of hydrogen-bond acceptors (Lipinski definition) is 4. The van der Waals surface area contributed by atoms with Gasteiger partial charge in [-0.3, -0.25) is 14.9 Å². The molecule has 0 aliphatic heterocycles. The number of nitro groups is 1. The molecule has 0 bridgehead atoms. The maximum Gasteiger partial charge on any atom is 0.271 e. The summed E-state index contributed by atoms with van der Waals surface area (Å²) in [4.78, 5) is 22.2. The molecule has 1 N–H and O–H groups in total. The van der Waals surface area contributed by atoms with Gasteiger partial charge in [0.15, 0.2) is 6.10 Å². The number of ether oxygens (including phenoxy) is 1. The molecule has 2 aromatic carbocycles. The Labute approximate surface area is 146 Å². The van der Waals surface area contributed by atoms with Crippen molar-refractivity contribution in [2.75, 3.05) is 5.32 Å². The first kappa shape index (κ1) is 18.0. The van der Waals surface area contributed by atoms with E-state index >= 15 is 0 Å². The van der Waals surface area contributed by atoms with Gasteiger partial charge < -0.3 is 10.1 Å². The van der Waals surface area contributed by atoms with Crippen LogP contribution in [0.5, 0.6) is 5.75 Å². The summed E-state index contributed by atoms with van der Waals surface area (Å²) in [5.41, 5.74) is 0.0378. The van der Waals surface area contributed by atoms with Crippen LogP contribution in [0.4, 0.5) is 15.8 Å². The number of carbonyl (C=O) groups excluding carboxylic acids is 1. The monoisotopic (exact) mass is 372 g/mol. The third kappa shape index (κ3) is 4.33. The molecule has 0 spiro atoms. The first-order valence-electron chi connectivity index (χ1n) is 6.64. The van der Waals surface area contributed by atoms with Gasteiger partial charge in [0.25, 0.3) is 11.6 Å². The first-order valence-corrected chi connectivity index (χ1v) is 7.40. The maximum absolute atomic E-state index is 13.0. The number of benzene rings is 2. The Morgan fingerprint density at radius 3 is 2.54 bits per heavy atom. The van der Waals surface area contributed by atoms with Crippen LogP contribution in [0, 0.1) is 15.9 Å². The molecular weight excluding hydrogens is 362 g/mol. The Bertz CT molecular complexity index is 801. The van der Waals surface area contributed by atoms with Crippen molar-refractivity contribution in [3.8, 4) is 5.75 Å². The van der Waals surface area contributed by atoms with Crippen LogP contribution in [0.1, 0.15) is 6.92 Å². The van der Waals surface area contributed by atoms with E-state index in [9.17, 15) is 19.3 Å². The number of carbonyl (C=O) groups is 1. The summed E-state index contributed by atoms with van der Waals surface area (Å²) in [6.07, 6.45) is -0.968. The van der Waals surface area contributed by atoms with Crippen molar-refractivity contribution >= 4 is 40.5 Å². The Hall–Kier alpha value is -2.38. The molecule has 0 unspecified atom stereocenters. The molecule has 0 aliphatic rings. The van der Waals surface area contributed by atoms with E-state index in [1.165, 1.54) is 25.1 Å². The van der Waals surface area contributed by atoms with Crippen LogP contribution in [0.2, 0.25) is 10.0 Å². The SMILES string of the molecule is C[C@@H](Oc1ccc([N+](=O)[O-])cc1Cl)C(=O)Nc1ccc(F)cc1Cl. The van der Waals surface area contributed by atoms with Crippen LogP contribution in [-0.2, 0) is 4.79 Å². The van der Waals surface area contributed by atoms with Gasteiger partial charge in [-0.2, -0.15) is 0 Å². The molecule has 0 aromatic heterocycles. The van der Waals surface area contributed by atoms with Gasteiger partial charge in [-0.15, -0.1) is 0 Å². The van der Waals surface area contributed by atoms with Crippen LogP contribution in [0.3, 0.4) is 0 Å². The van der Waals surface area contributed by atoms with Crippen LogP contribution < -0.4 is 10.1 Å². The highest BCUT2D eigenvalue weighted by Gasteiger charge is 2.19. The number of amides is 1. The summed E-state index contributed by atoms with van der Waals surface area (Å²) in [6.45, 7) is 1.46. The zero-order valence-corrected chi connectivity index (χ0v) is 13.8. The predicted octanol–water partition coefficient (Wildman–Crippen LogP) is 4.45. The summed E-state index contributed by atoms with van der Waals surface area (Å²) >= 11 is 11.7. The van der Waals surface area contributed by atoms with Gasteiger partial charge in [0, 0.05) is 12.1 Å². The van der Waals surface area contributed by atoms with Gasteiger partial charge >= 0.3 is 0 Å². The normalized spacial score (nSPS) is 11.7. The van der Waals surface area contributed by atoms with Crippen molar-refractivity contribution in [1.82, 2.24) is 0 Å². The van der Waals surface area contributed by atoms with E-state index in [1.54, 1.807) is 0 Å². The number of anilines is 1. The Morgan fingerprint density at radius 2 is 1.96 bits per heavy atom. The fourth-order valence-corrected chi connectivity index (χ4v) is 2.20. The first-order chi connectivity index (χ1) is 11.3. The van der Waals surface area contributed by atoms with E-state index in [1.807, 2.05) is 0 Å².